The van der Waals surface area contributed by atoms with E-state index in [-0.39, 0.29) is 6.61 Å². The number of rotatable bonds is 9. The zero-order valence-electron chi connectivity index (χ0n) is 16.4. The van der Waals surface area contributed by atoms with Crippen molar-refractivity contribution in [2.45, 2.75) is 19.6 Å². The zero-order chi connectivity index (χ0) is 21.5. The summed E-state index contributed by atoms with van der Waals surface area (Å²) in [5, 5.41) is 5.34. The normalized spacial score (nSPS) is 10.8. The Labute approximate surface area is 200 Å². The van der Waals surface area contributed by atoms with Gasteiger partial charge < -0.3 is 14.8 Å². The molecule has 0 saturated carbocycles. The second kappa shape index (κ2) is 11.3. The van der Waals surface area contributed by atoms with Crippen molar-refractivity contribution in [3.63, 3.8) is 0 Å². The van der Waals surface area contributed by atoms with Crippen LogP contribution in [0.1, 0.15) is 16.7 Å². The molecular formula is C23H21BrCl3NO2. The summed E-state index contributed by atoms with van der Waals surface area (Å²) in [6, 6.07) is 17.3. The van der Waals surface area contributed by atoms with Crippen molar-refractivity contribution in [2.75, 3.05) is 13.7 Å². The molecule has 1 N–H and O–H groups in total. The van der Waals surface area contributed by atoms with E-state index in [2.05, 4.69) is 21.2 Å². The first kappa shape index (κ1) is 23.2. The second-order valence-electron chi connectivity index (χ2n) is 6.65. The fourth-order valence-corrected chi connectivity index (χ4v) is 4.18. The van der Waals surface area contributed by atoms with Crippen molar-refractivity contribution in [1.29, 1.82) is 0 Å². The van der Waals surface area contributed by atoms with E-state index in [1.54, 1.807) is 25.3 Å². The fourth-order valence-electron chi connectivity index (χ4n) is 2.95. The number of hydrogen-bond acceptors (Lipinski definition) is 3. The summed E-state index contributed by atoms with van der Waals surface area (Å²) in [4.78, 5) is 0. The highest BCUT2D eigenvalue weighted by Crippen LogP contribution is 2.38. The summed E-state index contributed by atoms with van der Waals surface area (Å²) in [5.41, 5.74) is 3.06. The van der Waals surface area contributed by atoms with Crippen LogP contribution in [0.4, 0.5) is 0 Å². The number of hydrogen-bond donors (Lipinski definition) is 1. The molecule has 0 unspecified atom stereocenters. The summed E-state index contributed by atoms with van der Waals surface area (Å²) in [5.74, 6) is 1.25. The highest BCUT2D eigenvalue weighted by atomic mass is 79.9. The Bertz CT molecular complexity index is 976. The molecule has 0 fully saturated rings. The summed E-state index contributed by atoms with van der Waals surface area (Å²) in [6.07, 6.45) is 0.926. The standard InChI is InChI=1S/C23H21BrCl3NO2/c1-29-22-12-16(13-28-10-9-15-5-7-17(25)8-6-15)11-19(24)23(22)30-14-18-20(26)3-2-4-21(18)27/h2-8,11-12,28H,9-10,13-14H2,1H3. The van der Waals surface area contributed by atoms with Gasteiger partial charge in [0, 0.05) is 27.2 Å². The average Bonchev–Trinajstić information content (AvgIpc) is 2.73. The molecule has 0 bridgehead atoms. The molecule has 3 aromatic rings. The van der Waals surface area contributed by atoms with Crippen molar-refractivity contribution in [1.82, 2.24) is 5.32 Å². The molecule has 0 spiro atoms. The lowest BCUT2D eigenvalue weighted by atomic mass is 10.1. The van der Waals surface area contributed by atoms with Gasteiger partial charge in [-0.2, -0.15) is 0 Å². The topological polar surface area (TPSA) is 30.5 Å². The second-order valence-corrected chi connectivity index (χ2v) is 8.76. The van der Waals surface area contributed by atoms with Crippen LogP contribution in [0.2, 0.25) is 15.1 Å². The van der Waals surface area contributed by atoms with Crippen LogP contribution < -0.4 is 14.8 Å². The number of methoxy groups -OCH3 is 1. The number of halogens is 4. The maximum Gasteiger partial charge on any atom is 0.175 e. The first-order chi connectivity index (χ1) is 14.5. The first-order valence-corrected chi connectivity index (χ1v) is 11.3. The van der Waals surface area contributed by atoms with Crippen LogP contribution in [-0.2, 0) is 19.6 Å². The molecule has 0 atom stereocenters. The van der Waals surface area contributed by atoms with Crippen molar-refractivity contribution in [2.24, 2.45) is 0 Å². The molecule has 0 aromatic heterocycles. The molecule has 0 amide bonds. The molecule has 3 aromatic carbocycles. The average molecular weight is 530 g/mol. The quantitative estimate of drug-likeness (QED) is 0.295. The van der Waals surface area contributed by atoms with Gasteiger partial charge >= 0.3 is 0 Å². The molecular weight excluding hydrogens is 509 g/mol. The Balaban J connectivity index is 1.61. The van der Waals surface area contributed by atoms with Crippen molar-refractivity contribution in [3.8, 4) is 11.5 Å². The van der Waals surface area contributed by atoms with E-state index in [9.17, 15) is 0 Å². The van der Waals surface area contributed by atoms with Gasteiger partial charge in [0.15, 0.2) is 11.5 Å². The van der Waals surface area contributed by atoms with Gasteiger partial charge in [-0.1, -0.05) is 53.0 Å². The van der Waals surface area contributed by atoms with Crippen LogP contribution in [0.3, 0.4) is 0 Å². The van der Waals surface area contributed by atoms with Gasteiger partial charge in [0.2, 0.25) is 0 Å². The van der Waals surface area contributed by atoms with Crippen LogP contribution in [0, 0.1) is 0 Å². The SMILES string of the molecule is COc1cc(CNCCc2ccc(Cl)cc2)cc(Br)c1OCc1c(Cl)cccc1Cl. The van der Waals surface area contributed by atoms with Crippen molar-refractivity contribution >= 4 is 50.7 Å². The molecule has 7 heteroatoms. The summed E-state index contributed by atoms with van der Waals surface area (Å²) in [7, 11) is 1.62. The Morgan fingerprint density at radius 2 is 1.63 bits per heavy atom. The lowest BCUT2D eigenvalue weighted by molar-refractivity contribution is 0.282. The highest BCUT2D eigenvalue weighted by Gasteiger charge is 2.14. The number of benzene rings is 3. The minimum Gasteiger partial charge on any atom is -0.493 e. The van der Waals surface area contributed by atoms with Crippen LogP contribution in [0.15, 0.2) is 59.1 Å². The molecule has 0 aliphatic rings. The van der Waals surface area contributed by atoms with E-state index in [1.165, 1.54) is 5.56 Å². The van der Waals surface area contributed by atoms with Crippen molar-refractivity contribution in [3.05, 3.63) is 90.8 Å². The molecule has 3 nitrogen and oxygen atoms in total. The van der Waals surface area contributed by atoms with Gasteiger partial charge in [-0.25, -0.2) is 0 Å². The summed E-state index contributed by atoms with van der Waals surface area (Å²) in [6.45, 7) is 1.80. The lowest BCUT2D eigenvalue weighted by Gasteiger charge is -2.16. The Morgan fingerprint density at radius 3 is 2.30 bits per heavy atom. The highest BCUT2D eigenvalue weighted by molar-refractivity contribution is 9.10. The Morgan fingerprint density at radius 1 is 0.933 bits per heavy atom. The predicted octanol–water partition coefficient (Wildman–Crippen LogP) is 7.33. The van der Waals surface area contributed by atoms with E-state index >= 15 is 0 Å². The minimum atomic E-state index is 0.242. The molecule has 3 rings (SSSR count). The fraction of sp³-hybridized carbons (Fsp3) is 0.217. The zero-order valence-corrected chi connectivity index (χ0v) is 20.2. The van der Waals surface area contributed by atoms with Crippen LogP contribution in [0.25, 0.3) is 0 Å². The molecule has 0 heterocycles. The van der Waals surface area contributed by atoms with Crippen LogP contribution in [0.5, 0.6) is 11.5 Å². The van der Waals surface area contributed by atoms with Crippen molar-refractivity contribution < 1.29 is 9.47 Å². The van der Waals surface area contributed by atoms with E-state index in [1.807, 2.05) is 36.4 Å². The van der Waals surface area contributed by atoms with Gasteiger partial charge in [-0.05, 0) is 76.4 Å². The molecule has 30 heavy (non-hydrogen) atoms. The third kappa shape index (κ3) is 6.29. The third-order valence-corrected chi connectivity index (χ3v) is 6.09. The Kier molecular flexibility index (Phi) is 8.72. The summed E-state index contributed by atoms with van der Waals surface area (Å²) >= 11 is 22.0. The van der Waals surface area contributed by atoms with Gasteiger partial charge in [-0.15, -0.1) is 0 Å². The van der Waals surface area contributed by atoms with Gasteiger partial charge in [0.05, 0.1) is 11.6 Å². The first-order valence-electron chi connectivity index (χ1n) is 9.35. The van der Waals surface area contributed by atoms with Gasteiger partial charge in [0.1, 0.15) is 6.61 Å². The number of nitrogens with one attached hydrogen (secondary N) is 1. The molecule has 0 aliphatic carbocycles. The van der Waals surface area contributed by atoms with E-state index in [0.29, 0.717) is 28.1 Å². The molecule has 0 radical (unpaired) electrons. The largest absolute Gasteiger partial charge is 0.493 e. The van der Waals surface area contributed by atoms with Gasteiger partial charge in [-0.3, -0.25) is 0 Å². The number of ether oxygens (including phenoxy) is 2. The van der Waals surface area contributed by atoms with Crippen LogP contribution >= 0.6 is 50.7 Å². The summed E-state index contributed by atoms with van der Waals surface area (Å²) < 4.78 is 12.3. The molecule has 158 valence electrons. The van der Waals surface area contributed by atoms with E-state index < -0.39 is 0 Å². The monoisotopic (exact) mass is 527 g/mol. The van der Waals surface area contributed by atoms with Gasteiger partial charge in [0.25, 0.3) is 0 Å². The third-order valence-electron chi connectivity index (χ3n) is 4.54. The maximum absolute atomic E-state index is 6.24. The maximum atomic E-state index is 6.24. The molecule has 0 aliphatic heterocycles. The van der Waals surface area contributed by atoms with E-state index in [4.69, 9.17) is 44.3 Å². The predicted molar refractivity (Wildman–Crippen MR) is 128 cm³/mol. The minimum absolute atomic E-state index is 0.242. The molecule has 0 saturated heterocycles. The lowest BCUT2D eigenvalue weighted by Crippen LogP contribution is -2.16. The Hall–Kier alpha value is -1.43. The smallest absolute Gasteiger partial charge is 0.175 e. The van der Waals surface area contributed by atoms with E-state index in [0.717, 1.165) is 33.6 Å². The van der Waals surface area contributed by atoms with Crippen LogP contribution in [-0.4, -0.2) is 13.7 Å².